The van der Waals surface area contributed by atoms with Gasteiger partial charge in [-0.3, -0.25) is 9.59 Å². The summed E-state index contributed by atoms with van der Waals surface area (Å²) in [5.41, 5.74) is 0.421. The van der Waals surface area contributed by atoms with Gasteiger partial charge in [0.25, 0.3) is 5.56 Å². The first kappa shape index (κ1) is 22.2. The van der Waals surface area contributed by atoms with Gasteiger partial charge in [-0.05, 0) is 42.5 Å². The maximum Gasteiger partial charge on any atom is 0.410 e. The lowest BCUT2D eigenvalue weighted by atomic mass is 9.97. The Kier molecular flexibility index (Phi) is 7.81. The lowest BCUT2D eigenvalue weighted by Crippen LogP contribution is -2.41. The average Bonchev–Trinajstić information content (AvgIpc) is 3.14. The third-order valence-corrected chi connectivity index (χ3v) is 5.35. The predicted octanol–water partition coefficient (Wildman–Crippen LogP) is 3.37. The summed E-state index contributed by atoms with van der Waals surface area (Å²) >= 11 is 11.9. The van der Waals surface area contributed by atoms with E-state index >= 15 is 0 Å². The summed E-state index contributed by atoms with van der Waals surface area (Å²) in [5, 5.41) is 6.09. The molecule has 1 aliphatic heterocycles. The molecule has 0 atom stereocenters. The van der Waals surface area contributed by atoms with E-state index in [9.17, 15) is 14.4 Å². The second-order valence-electron chi connectivity index (χ2n) is 7.25. The number of ether oxygens (including phenoxy) is 1. The molecule has 30 heavy (non-hydrogen) atoms. The molecular weight excluding hydrogens is 433 g/mol. The lowest BCUT2D eigenvalue weighted by Gasteiger charge is -2.31. The molecule has 8 nitrogen and oxygen atoms in total. The van der Waals surface area contributed by atoms with E-state index in [-0.39, 0.29) is 30.6 Å². The first-order valence-electron chi connectivity index (χ1n) is 9.70. The molecule has 0 aliphatic carbocycles. The zero-order valence-electron chi connectivity index (χ0n) is 16.3. The number of piperidine rings is 1. The second-order valence-corrected chi connectivity index (χ2v) is 8.12. The highest BCUT2D eigenvalue weighted by Crippen LogP contribution is 2.21. The van der Waals surface area contributed by atoms with Gasteiger partial charge in [-0.25, -0.2) is 4.79 Å². The summed E-state index contributed by atoms with van der Waals surface area (Å²) in [5.74, 6) is 0.665. The summed E-state index contributed by atoms with van der Waals surface area (Å²) < 4.78 is 10.3. The highest BCUT2D eigenvalue weighted by Gasteiger charge is 2.24. The van der Waals surface area contributed by atoms with Gasteiger partial charge < -0.3 is 19.5 Å². The zero-order valence-corrected chi connectivity index (χ0v) is 17.8. The van der Waals surface area contributed by atoms with Crippen LogP contribution in [0.4, 0.5) is 4.79 Å². The average molecular weight is 456 g/mol. The van der Waals surface area contributed by atoms with Crippen molar-refractivity contribution >= 4 is 35.2 Å². The molecule has 1 fully saturated rings. The smallest absolute Gasteiger partial charge is 0.410 e. The molecule has 0 saturated carbocycles. The van der Waals surface area contributed by atoms with Crippen LogP contribution in [0, 0.1) is 5.92 Å². The van der Waals surface area contributed by atoms with Gasteiger partial charge in [0.1, 0.15) is 12.4 Å². The summed E-state index contributed by atoms with van der Waals surface area (Å²) in [4.78, 5) is 36.9. The monoisotopic (exact) mass is 455 g/mol. The molecule has 1 aromatic heterocycles. The first-order valence-corrected chi connectivity index (χ1v) is 10.5. The van der Waals surface area contributed by atoms with Gasteiger partial charge in [0, 0.05) is 48.6 Å². The Morgan fingerprint density at radius 2 is 1.87 bits per heavy atom. The minimum Gasteiger partial charge on any atom is -0.445 e. The molecule has 0 unspecified atom stereocenters. The van der Waals surface area contributed by atoms with E-state index in [4.69, 9.17) is 32.5 Å². The second kappa shape index (κ2) is 10.5. The molecule has 10 heteroatoms. The number of likely N-dealkylation sites (tertiary alicyclic amines) is 1. The molecule has 162 valence electrons. The number of amides is 2. The third kappa shape index (κ3) is 6.81. The van der Waals surface area contributed by atoms with E-state index in [1.54, 1.807) is 23.1 Å². The Labute approximate surface area is 183 Å². The number of nitrogens with zero attached hydrogens (tertiary/aromatic N) is 1. The Balaban J connectivity index is 1.33. The van der Waals surface area contributed by atoms with E-state index in [0.29, 0.717) is 47.8 Å². The molecule has 0 radical (unpaired) electrons. The van der Waals surface area contributed by atoms with Crippen LogP contribution >= 0.6 is 23.2 Å². The number of carbonyl (C=O) groups excluding carboxylic acids is 2. The number of aryl methyl sites for hydroxylation is 1. The van der Waals surface area contributed by atoms with E-state index in [1.807, 2.05) is 0 Å². The minimum atomic E-state index is -0.374. The van der Waals surface area contributed by atoms with Gasteiger partial charge in [0.15, 0.2) is 0 Å². The van der Waals surface area contributed by atoms with Crippen LogP contribution in [-0.2, 0) is 22.6 Å². The molecular formula is C20H23Cl2N3O5. The number of benzene rings is 1. The summed E-state index contributed by atoms with van der Waals surface area (Å²) in [6, 6.07) is 6.37. The van der Waals surface area contributed by atoms with Crippen molar-refractivity contribution in [3.05, 3.63) is 56.0 Å². The van der Waals surface area contributed by atoms with E-state index in [2.05, 4.69) is 10.5 Å². The quantitative estimate of drug-likeness (QED) is 0.665. The molecule has 2 heterocycles. The summed E-state index contributed by atoms with van der Waals surface area (Å²) in [6.07, 6.45) is 1.81. The summed E-state index contributed by atoms with van der Waals surface area (Å²) in [6.45, 7) is 1.81. The van der Waals surface area contributed by atoms with Crippen molar-refractivity contribution in [3.63, 3.8) is 0 Å². The molecule has 1 aliphatic rings. The zero-order chi connectivity index (χ0) is 21.5. The molecule has 1 saturated heterocycles. The highest BCUT2D eigenvalue weighted by atomic mass is 35.5. The Bertz CT molecular complexity index is 914. The van der Waals surface area contributed by atoms with Crippen molar-refractivity contribution in [1.29, 1.82) is 0 Å². The number of hydrogen-bond donors (Lipinski definition) is 2. The fourth-order valence-electron chi connectivity index (χ4n) is 3.28. The topological polar surface area (TPSA) is 105 Å². The van der Waals surface area contributed by atoms with Gasteiger partial charge in [-0.15, -0.1) is 0 Å². The van der Waals surface area contributed by atoms with Crippen LogP contribution < -0.4 is 10.9 Å². The van der Waals surface area contributed by atoms with Gasteiger partial charge in [-0.1, -0.05) is 23.2 Å². The van der Waals surface area contributed by atoms with Gasteiger partial charge in [0.2, 0.25) is 5.91 Å². The van der Waals surface area contributed by atoms with Crippen molar-refractivity contribution in [3.8, 4) is 0 Å². The van der Waals surface area contributed by atoms with Crippen LogP contribution in [0.25, 0.3) is 0 Å². The fourth-order valence-corrected chi connectivity index (χ4v) is 3.85. The van der Waals surface area contributed by atoms with Gasteiger partial charge in [-0.2, -0.15) is 5.16 Å². The normalized spacial score (nSPS) is 14.5. The van der Waals surface area contributed by atoms with Crippen molar-refractivity contribution in [2.24, 2.45) is 5.92 Å². The van der Waals surface area contributed by atoms with E-state index < -0.39 is 0 Å². The molecule has 0 spiro atoms. The van der Waals surface area contributed by atoms with Crippen LogP contribution in [-0.4, -0.2) is 41.7 Å². The largest absolute Gasteiger partial charge is 0.445 e. The number of H-pyrrole nitrogens is 1. The molecule has 2 aromatic rings. The van der Waals surface area contributed by atoms with Crippen LogP contribution in [0.15, 0.2) is 33.6 Å². The van der Waals surface area contributed by atoms with Gasteiger partial charge >= 0.3 is 6.09 Å². The Morgan fingerprint density at radius 3 is 2.50 bits per heavy atom. The van der Waals surface area contributed by atoms with E-state index in [1.165, 1.54) is 6.07 Å². The number of rotatable bonds is 7. The SMILES string of the molecule is O=C(CCc1cc(=O)[nH]o1)NCC1CCN(C(=O)OCc2cc(Cl)cc(Cl)c2)CC1. The maximum absolute atomic E-state index is 12.3. The van der Waals surface area contributed by atoms with Crippen LogP contribution in [0.1, 0.15) is 30.6 Å². The predicted molar refractivity (Wildman–Crippen MR) is 112 cm³/mol. The number of carbonyl (C=O) groups is 2. The lowest BCUT2D eigenvalue weighted by molar-refractivity contribution is -0.121. The van der Waals surface area contributed by atoms with Crippen LogP contribution in [0.3, 0.4) is 0 Å². The summed E-state index contributed by atoms with van der Waals surface area (Å²) in [7, 11) is 0. The molecule has 1 aromatic carbocycles. The number of nitrogens with one attached hydrogen (secondary N) is 2. The molecule has 2 amide bonds. The van der Waals surface area contributed by atoms with E-state index in [0.717, 1.165) is 18.4 Å². The maximum atomic E-state index is 12.3. The van der Waals surface area contributed by atoms with Crippen molar-refractivity contribution in [1.82, 2.24) is 15.4 Å². The molecule has 0 bridgehead atoms. The first-order chi connectivity index (χ1) is 14.4. The standard InChI is InChI=1S/C20H23Cl2N3O5/c21-15-7-14(8-16(22)9-15)12-29-20(28)25-5-3-13(4-6-25)11-23-18(26)2-1-17-10-19(27)24-30-17/h7-10,13H,1-6,11-12H2,(H,23,26)(H,24,27). The molecule has 2 N–H and O–H groups in total. The van der Waals surface area contributed by atoms with Crippen molar-refractivity contribution < 1.29 is 18.8 Å². The van der Waals surface area contributed by atoms with Crippen molar-refractivity contribution in [2.75, 3.05) is 19.6 Å². The third-order valence-electron chi connectivity index (χ3n) is 4.92. The number of aromatic nitrogens is 1. The molecule has 3 rings (SSSR count). The number of hydrogen-bond acceptors (Lipinski definition) is 5. The van der Waals surface area contributed by atoms with Crippen LogP contribution in [0.5, 0.6) is 0 Å². The fraction of sp³-hybridized carbons (Fsp3) is 0.450. The van der Waals surface area contributed by atoms with Crippen LogP contribution in [0.2, 0.25) is 10.0 Å². The number of aromatic amines is 1. The Morgan fingerprint density at radius 1 is 1.17 bits per heavy atom. The van der Waals surface area contributed by atoms with Gasteiger partial charge in [0.05, 0.1) is 0 Å². The van der Waals surface area contributed by atoms with Crippen molar-refractivity contribution in [2.45, 2.75) is 32.3 Å². The Hall–Kier alpha value is -2.45. The number of halogens is 2. The highest BCUT2D eigenvalue weighted by molar-refractivity contribution is 6.34. The minimum absolute atomic E-state index is 0.0964.